The summed E-state index contributed by atoms with van der Waals surface area (Å²) in [6.07, 6.45) is 0. The molecule has 0 fully saturated rings. The Balaban J connectivity index is 2.09. The molecule has 0 aliphatic rings. The fraction of sp³-hybridized carbons (Fsp3) is 0.176. The molecule has 0 atom stereocenters. The van der Waals surface area contributed by atoms with Gasteiger partial charge in [0.1, 0.15) is 16.5 Å². The van der Waals surface area contributed by atoms with Crippen LogP contribution in [-0.2, 0) is 19.6 Å². The van der Waals surface area contributed by atoms with Crippen LogP contribution >= 0.6 is 0 Å². The van der Waals surface area contributed by atoms with Crippen LogP contribution in [0.3, 0.4) is 0 Å². The van der Waals surface area contributed by atoms with E-state index in [4.69, 9.17) is 9.47 Å². The van der Waals surface area contributed by atoms with Crippen molar-refractivity contribution in [2.24, 2.45) is 0 Å². The molecule has 0 bridgehead atoms. The Morgan fingerprint density at radius 2 is 1.85 bits per heavy atom. The first-order chi connectivity index (χ1) is 12.8. The summed E-state index contributed by atoms with van der Waals surface area (Å²) in [6.45, 7) is -0.673. The number of rotatable bonds is 7. The molecule has 8 nitrogen and oxygen atoms in total. The average molecular weight is 396 g/mol. The van der Waals surface area contributed by atoms with Crippen molar-refractivity contribution >= 4 is 27.6 Å². The van der Waals surface area contributed by atoms with E-state index in [9.17, 15) is 22.4 Å². The summed E-state index contributed by atoms with van der Waals surface area (Å²) in [5.74, 6) is -2.26. The number of anilines is 1. The van der Waals surface area contributed by atoms with Crippen molar-refractivity contribution in [1.29, 1.82) is 0 Å². The Labute approximate surface area is 155 Å². The third kappa shape index (κ3) is 5.02. The molecule has 0 aliphatic carbocycles. The molecule has 0 saturated carbocycles. The Morgan fingerprint density at radius 1 is 1.15 bits per heavy atom. The van der Waals surface area contributed by atoms with Gasteiger partial charge in [-0.15, -0.1) is 0 Å². The number of carbonyl (C=O) groups excluding carboxylic acids is 2. The lowest BCUT2D eigenvalue weighted by Crippen LogP contribution is -2.22. The normalized spacial score (nSPS) is 10.9. The fourth-order valence-electron chi connectivity index (χ4n) is 2.09. The van der Waals surface area contributed by atoms with E-state index < -0.39 is 34.3 Å². The molecular formula is C17H17FN2O6S. The first kappa shape index (κ1) is 20.3. The number of amides is 1. The van der Waals surface area contributed by atoms with Crippen molar-refractivity contribution in [2.75, 3.05) is 26.1 Å². The van der Waals surface area contributed by atoms with Crippen LogP contribution in [0.1, 0.15) is 10.4 Å². The highest BCUT2D eigenvalue weighted by Crippen LogP contribution is 2.25. The topological polar surface area (TPSA) is 111 Å². The summed E-state index contributed by atoms with van der Waals surface area (Å²) in [4.78, 5) is 23.6. The quantitative estimate of drug-likeness (QED) is 0.687. The number of para-hydroxylation sites is 1. The van der Waals surface area contributed by atoms with Crippen LogP contribution < -0.4 is 14.8 Å². The third-order valence-electron chi connectivity index (χ3n) is 3.44. The molecule has 2 N–H and O–H groups in total. The fourth-order valence-corrected chi connectivity index (χ4v) is 3.01. The lowest BCUT2D eigenvalue weighted by molar-refractivity contribution is -0.119. The van der Waals surface area contributed by atoms with Gasteiger partial charge in [0.25, 0.3) is 5.91 Å². The Morgan fingerprint density at radius 3 is 2.48 bits per heavy atom. The summed E-state index contributed by atoms with van der Waals surface area (Å²) >= 11 is 0. The molecule has 2 aromatic carbocycles. The number of hydrogen-bond acceptors (Lipinski definition) is 6. The number of carbonyl (C=O) groups is 2. The Kier molecular flexibility index (Phi) is 6.48. The van der Waals surface area contributed by atoms with Gasteiger partial charge in [-0.2, -0.15) is 0 Å². The number of halogens is 1. The zero-order valence-electron chi connectivity index (χ0n) is 14.5. The van der Waals surface area contributed by atoms with Crippen LogP contribution in [0.4, 0.5) is 10.1 Å². The number of benzene rings is 2. The van der Waals surface area contributed by atoms with Gasteiger partial charge in [0.15, 0.2) is 6.61 Å². The number of hydrogen-bond donors (Lipinski definition) is 2. The highest BCUT2D eigenvalue weighted by molar-refractivity contribution is 7.89. The highest BCUT2D eigenvalue weighted by Gasteiger charge is 2.21. The summed E-state index contributed by atoms with van der Waals surface area (Å²) in [6, 6.07) is 9.18. The van der Waals surface area contributed by atoms with E-state index in [1.807, 2.05) is 0 Å². The van der Waals surface area contributed by atoms with E-state index >= 15 is 0 Å². The van der Waals surface area contributed by atoms with Gasteiger partial charge in [-0.25, -0.2) is 22.3 Å². The number of ether oxygens (including phenoxy) is 2. The van der Waals surface area contributed by atoms with Crippen LogP contribution in [0.25, 0.3) is 0 Å². The second-order valence-electron chi connectivity index (χ2n) is 5.18. The van der Waals surface area contributed by atoms with Gasteiger partial charge in [0.05, 0.1) is 18.4 Å². The molecule has 0 saturated heterocycles. The molecule has 2 aromatic rings. The van der Waals surface area contributed by atoms with Gasteiger partial charge in [-0.1, -0.05) is 12.1 Å². The van der Waals surface area contributed by atoms with E-state index in [1.165, 1.54) is 50.6 Å². The molecule has 1 amide bonds. The Hall–Kier alpha value is -2.98. The van der Waals surface area contributed by atoms with Crippen LogP contribution in [0.5, 0.6) is 5.75 Å². The maximum absolute atomic E-state index is 13.5. The monoisotopic (exact) mass is 396 g/mol. The number of methoxy groups -OCH3 is 1. The largest absolute Gasteiger partial charge is 0.495 e. The van der Waals surface area contributed by atoms with Gasteiger partial charge in [-0.3, -0.25) is 4.79 Å². The average Bonchev–Trinajstić information content (AvgIpc) is 2.67. The molecule has 2 rings (SSSR count). The van der Waals surface area contributed by atoms with Crippen LogP contribution in [-0.4, -0.2) is 41.1 Å². The smallest absolute Gasteiger partial charge is 0.338 e. The summed E-state index contributed by atoms with van der Waals surface area (Å²) in [7, 11) is -1.38. The van der Waals surface area contributed by atoms with Gasteiger partial charge in [0.2, 0.25) is 10.0 Å². The van der Waals surface area contributed by atoms with E-state index in [1.54, 1.807) is 0 Å². The molecule has 10 heteroatoms. The van der Waals surface area contributed by atoms with Gasteiger partial charge in [-0.05, 0) is 37.4 Å². The van der Waals surface area contributed by atoms with E-state index in [0.29, 0.717) is 0 Å². The van der Waals surface area contributed by atoms with Crippen molar-refractivity contribution in [2.45, 2.75) is 4.90 Å². The van der Waals surface area contributed by atoms with Crippen molar-refractivity contribution < 1.29 is 31.9 Å². The first-order valence-electron chi connectivity index (χ1n) is 7.61. The number of sulfonamides is 1. The van der Waals surface area contributed by atoms with Crippen molar-refractivity contribution in [3.05, 3.63) is 53.8 Å². The van der Waals surface area contributed by atoms with E-state index in [2.05, 4.69) is 10.0 Å². The second kappa shape index (κ2) is 8.60. The van der Waals surface area contributed by atoms with Crippen LogP contribution in [0.15, 0.2) is 47.4 Å². The van der Waals surface area contributed by atoms with Crippen LogP contribution in [0, 0.1) is 5.82 Å². The molecule has 0 radical (unpaired) electrons. The molecule has 144 valence electrons. The molecule has 0 aromatic heterocycles. The number of esters is 1. The van der Waals surface area contributed by atoms with Crippen molar-refractivity contribution in [3.63, 3.8) is 0 Å². The maximum atomic E-state index is 13.5. The van der Waals surface area contributed by atoms with Crippen molar-refractivity contribution in [3.8, 4) is 5.75 Å². The maximum Gasteiger partial charge on any atom is 0.338 e. The number of nitrogens with one attached hydrogen (secondary N) is 2. The van der Waals surface area contributed by atoms with E-state index in [0.717, 1.165) is 6.07 Å². The summed E-state index contributed by atoms with van der Waals surface area (Å²) in [5, 5.41) is 2.26. The molecular weight excluding hydrogens is 379 g/mol. The minimum atomic E-state index is -3.88. The van der Waals surface area contributed by atoms with E-state index in [-0.39, 0.29) is 21.9 Å². The van der Waals surface area contributed by atoms with Gasteiger partial charge < -0.3 is 14.8 Å². The molecule has 0 aliphatic heterocycles. The lowest BCUT2D eigenvalue weighted by Gasteiger charge is -2.11. The third-order valence-corrected chi connectivity index (χ3v) is 4.88. The van der Waals surface area contributed by atoms with Crippen LogP contribution in [0.2, 0.25) is 0 Å². The summed E-state index contributed by atoms with van der Waals surface area (Å²) < 4.78 is 49.4. The minimum Gasteiger partial charge on any atom is -0.495 e. The summed E-state index contributed by atoms with van der Waals surface area (Å²) in [5.41, 5.74) is -0.145. The molecule has 0 unspecified atom stereocenters. The second-order valence-corrected chi connectivity index (χ2v) is 7.03. The predicted molar refractivity (Wildman–Crippen MR) is 94.6 cm³/mol. The van der Waals surface area contributed by atoms with Crippen molar-refractivity contribution in [1.82, 2.24) is 4.72 Å². The highest BCUT2D eigenvalue weighted by atomic mass is 32.2. The molecule has 27 heavy (non-hydrogen) atoms. The van der Waals surface area contributed by atoms with Gasteiger partial charge >= 0.3 is 5.97 Å². The lowest BCUT2D eigenvalue weighted by atomic mass is 10.2. The Bertz CT molecular complexity index is 962. The zero-order chi connectivity index (χ0) is 20.0. The van der Waals surface area contributed by atoms with Gasteiger partial charge in [0, 0.05) is 0 Å². The molecule has 0 heterocycles. The predicted octanol–water partition coefficient (Wildman–Crippen LogP) is 1.54. The minimum absolute atomic E-state index is 0.0400. The SMILES string of the molecule is CNS(=O)(=O)c1cc(C(=O)OCC(=O)Nc2ccccc2F)ccc1OC. The standard InChI is InChI=1S/C17H17FN2O6S/c1-19-27(23,24)15-9-11(7-8-14(15)25-2)17(22)26-10-16(21)20-13-6-4-3-5-12(13)18/h3-9,19H,10H2,1-2H3,(H,20,21). The zero-order valence-corrected chi connectivity index (χ0v) is 15.3. The first-order valence-corrected chi connectivity index (χ1v) is 9.10. The molecule has 0 spiro atoms.